The molecule has 0 spiro atoms. The summed E-state index contributed by atoms with van der Waals surface area (Å²) in [6, 6.07) is 21.9. The van der Waals surface area contributed by atoms with Gasteiger partial charge < -0.3 is 10.1 Å². The van der Waals surface area contributed by atoms with Crippen LogP contribution in [0, 0.1) is 13.8 Å². The fraction of sp³-hybridized carbons (Fsp3) is 0.125. The van der Waals surface area contributed by atoms with Gasteiger partial charge in [0.2, 0.25) is 5.91 Å². The zero-order valence-corrected chi connectivity index (χ0v) is 18.0. The maximum atomic E-state index is 12.7. The van der Waals surface area contributed by atoms with Gasteiger partial charge >= 0.3 is 0 Å². The van der Waals surface area contributed by atoms with E-state index in [0.29, 0.717) is 22.9 Å². The van der Waals surface area contributed by atoms with Gasteiger partial charge in [0.25, 0.3) is 5.56 Å². The predicted octanol–water partition coefficient (Wildman–Crippen LogP) is 5.02. The molecule has 7 heteroatoms. The van der Waals surface area contributed by atoms with E-state index in [2.05, 4.69) is 10.4 Å². The van der Waals surface area contributed by atoms with Crippen molar-refractivity contribution in [1.82, 2.24) is 9.78 Å². The fourth-order valence-corrected chi connectivity index (χ4v) is 3.82. The maximum Gasteiger partial charge on any atom is 0.267 e. The van der Waals surface area contributed by atoms with Gasteiger partial charge in [-0.1, -0.05) is 29.8 Å². The highest BCUT2D eigenvalue weighted by Gasteiger charge is 2.12. The van der Waals surface area contributed by atoms with Gasteiger partial charge in [-0.3, -0.25) is 9.59 Å². The molecule has 0 radical (unpaired) electrons. The molecule has 4 aromatic rings. The van der Waals surface area contributed by atoms with Gasteiger partial charge in [-0.15, -0.1) is 11.3 Å². The van der Waals surface area contributed by atoms with Crippen molar-refractivity contribution in [2.24, 2.45) is 0 Å². The number of para-hydroxylation sites is 2. The van der Waals surface area contributed by atoms with Crippen molar-refractivity contribution in [3.05, 3.63) is 93.6 Å². The normalized spacial score (nSPS) is 10.6. The number of carbonyl (C=O) groups excluding carboxylic acids is 1. The minimum Gasteiger partial charge on any atom is -0.455 e. The first kappa shape index (κ1) is 20.6. The van der Waals surface area contributed by atoms with Gasteiger partial charge in [-0.25, -0.2) is 4.68 Å². The number of aryl methyl sites for hydroxylation is 2. The standard InChI is InChI=1S/C24H21N3O3S/c1-16-7-10-18(11-8-16)30-21-6-4-3-5-19(21)25-23(28)15-27-24(29)14-12-20(26-27)22-13-9-17(2)31-22/h3-14H,15H2,1-2H3,(H,25,28). The first-order valence-corrected chi connectivity index (χ1v) is 10.6. The van der Waals surface area contributed by atoms with Crippen LogP contribution in [0.15, 0.2) is 77.6 Å². The van der Waals surface area contributed by atoms with E-state index >= 15 is 0 Å². The molecule has 2 aromatic heterocycles. The Bertz CT molecular complexity index is 1280. The Morgan fingerprint density at radius 1 is 1.00 bits per heavy atom. The Hall–Kier alpha value is -3.71. The molecule has 0 aliphatic carbocycles. The SMILES string of the molecule is Cc1ccc(Oc2ccccc2NC(=O)Cn2nc(-c3ccc(C)s3)ccc2=O)cc1. The van der Waals surface area contributed by atoms with Gasteiger partial charge in [-0.2, -0.15) is 5.10 Å². The van der Waals surface area contributed by atoms with Crippen LogP contribution in [0.4, 0.5) is 5.69 Å². The van der Waals surface area contributed by atoms with E-state index in [-0.39, 0.29) is 18.0 Å². The van der Waals surface area contributed by atoms with Crippen LogP contribution >= 0.6 is 11.3 Å². The number of nitrogens with one attached hydrogen (secondary N) is 1. The van der Waals surface area contributed by atoms with Crippen molar-refractivity contribution >= 4 is 22.9 Å². The van der Waals surface area contributed by atoms with E-state index in [9.17, 15) is 9.59 Å². The van der Waals surface area contributed by atoms with Crippen molar-refractivity contribution in [3.63, 3.8) is 0 Å². The number of hydrogen-bond acceptors (Lipinski definition) is 5. The van der Waals surface area contributed by atoms with Crippen LogP contribution in [-0.2, 0) is 11.3 Å². The zero-order valence-electron chi connectivity index (χ0n) is 17.2. The molecule has 6 nitrogen and oxygen atoms in total. The summed E-state index contributed by atoms with van der Waals surface area (Å²) in [5, 5.41) is 7.18. The molecular formula is C24H21N3O3S. The summed E-state index contributed by atoms with van der Waals surface area (Å²) in [5.74, 6) is 0.820. The molecular weight excluding hydrogens is 410 g/mol. The van der Waals surface area contributed by atoms with Gasteiger partial charge in [-0.05, 0) is 56.3 Å². The van der Waals surface area contributed by atoms with Crippen molar-refractivity contribution in [2.45, 2.75) is 20.4 Å². The first-order chi connectivity index (χ1) is 15.0. The number of carbonyl (C=O) groups is 1. The lowest BCUT2D eigenvalue weighted by atomic mass is 10.2. The molecule has 0 fully saturated rings. The van der Waals surface area contributed by atoms with E-state index < -0.39 is 0 Å². The molecule has 1 N–H and O–H groups in total. The molecule has 0 saturated heterocycles. The molecule has 31 heavy (non-hydrogen) atoms. The third-order valence-electron chi connectivity index (χ3n) is 4.56. The predicted molar refractivity (Wildman–Crippen MR) is 123 cm³/mol. The lowest BCUT2D eigenvalue weighted by molar-refractivity contribution is -0.117. The summed E-state index contributed by atoms with van der Waals surface area (Å²) in [7, 11) is 0. The number of benzene rings is 2. The van der Waals surface area contributed by atoms with Gasteiger partial charge in [0.15, 0.2) is 5.75 Å². The molecule has 0 aliphatic heterocycles. The summed E-state index contributed by atoms with van der Waals surface area (Å²) in [5.41, 5.74) is 1.97. The molecule has 0 unspecified atom stereocenters. The molecule has 2 heterocycles. The molecule has 0 atom stereocenters. The van der Waals surface area contributed by atoms with E-state index in [1.807, 2.05) is 62.4 Å². The Morgan fingerprint density at radius 2 is 1.77 bits per heavy atom. The van der Waals surface area contributed by atoms with Crippen LogP contribution in [0.5, 0.6) is 11.5 Å². The number of aromatic nitrogens is 2. The second-order valence-electron chi connectivity index (χ2n) is 7.08. The highest BCUT2D eigenvalue weighted by Crippen LogP contribution is 2.29. The Balaban J connectivity index is 1.51. The Morgan fingerprint density at radius 3 is 2.52 bits per heavy atom. The van der Waals surface area contributed by atoms with Crippen LogP contribution in [-0.4, -0.2) is 15.7 Å². The summed E-state index contributed by atoms with van der Waals surface area (Å²) in [6.07, 6.45) is 0. The summed E-state index contributed by atoms with van der Waals surface area (Å²) >= 11 is 1.59. The molecule has 2 aromatic carbocycles. The Kier molecular flexibility index (Phi) is 5.95. The van der Waals surface area contributed by atoms with Crippen molar-refractivity contribution < 1.29 is 9.53 Å². The smallest absolute Gasteiger partial charge is 0.267 e. The molecule has 4 rings (SSSR count). The van der Waals surface area contributed by atoms with E-state index in [1.165, 1.54) is 10.7 Å². The average Bonchev–Trinajstić information content (AvgIpc) is 3.19. The fourth-order valence-electron chi connectivity index (χ4n) is 2.98. The number of rotatable bonds is 6. The molecule has 1 amide bonds. The summed E-state index contributed by atoms with van der Waals surface area (Å²) in [4.78, 5) is 27.0. The zero-order chi connectivity index (χ0) is 21.8. The Labute approximate surface area is 183 Å². The van der Waals surface area contributed by atoms with E-state index in [0.717, 1.165) is 15.3 Å². The van der Waals surface area contributed by atoms with Gasteiger partial charge in [0.1, 0.15) is 18.0 Å². The molecule has 0 bridgehead atoms. The number of nitrogens with zero attached hydrogens (tertiary/aromatic N) is 2. The summed E-state index contributed by atoms with van der Waals surface area (Å²) < 4.78 is 7.09. The minimum absolute atomic E-state index is 0.199. The number of thiophene rings is 1. The number of hydrogen-bond donors (Lipinski definition) is 1. The lowest BCUT2D eigenvalue weighted by Crippen LogP contribution is -2.29. The van der Waals surface area contributed by atoms with Crippen LogP contribution in [0.3, 0.4) is 0 Å². The van der Waals surface area contributed by atoms with Crippen LogP contribution < -0.4 is 15.6 Å². The van der Waals surface area contributed by atoms with Gasteiger partial charge in [0.05, 0.1) is 10.6 Å². The monoisotopic (exact) mass is 431 g/mol. The van der Waals surface area contributed by atoms with E-state index in [4.69, 9.17) is 4.74 Å². The van der Waals surface area contributed by atoms with Crippen molar-refractivity contribution in [3.8, 4) is 22.1 Å². The first-order valence-electron chi connectivity index (χ1n) is 9.76. The topological polar surface area (TPSA) is 73.2 Å². The number of amides is 1. The van der Waals surface area contributed by atoms with Crippen molar-refractivity contribution in [1.29, 1.82) is 0 Å². The largest absolute Gasteiger partial charge is 0.455 e. The summed E-state index contributed by atoms with van der Waals surface area (Å²) in [6.45, 7) is 3.81. The lowest BCUT2D eigenvalue weighted by Gasteiger charge is -2.13. The van der Waals surface area contributed by atoms with E-state index in [1.54, 1.807) is 29.5 Å². The van der Waals surface area contributed by atoms with Crippen LogP contribution in [0.1, 0.15) is 10.4 Å². The number of ether oxygens (including phenoxy) is 1. The van der Waals surface area contributed by atoms with Crippen molar-refractivity contribution in [2.75, 3.05) is 5.32 Å². The minimum atomic E-state index is -0.367. The van der Waals surface area contributed by atoms with Gasteiger partial charge in [0, 0.05) is 10.9 Å². The quantitative estimate of drug-likeness (QED) is 0.465. The van der Waals surface area contributed by atoms with Crippen LogP contribution in [0.2, 0.25) is 0 Å². The molecule has 156 valence electrons. The number of anilines is 1. The third-order valence-corrected chi connectivity index (χ3v) is 5.59. The van der Waals surface area contributed by atoms with Crippen LogP contribution in [0.25, 0.3) is 10.6 Å². The second kappa shape index (κ2) is 8.97. The molecule has 0 aliphatic rings. The molecule has 0 saturated carbocycles. The highest BCUT2D eigenvalue weighted by atomic mass is 32.1. The highest BCUT2D eigenvalue weighted by molar-refractivity contribution is 7.15. The maximum absolute atomic E-state index is 12.7. The second-order valence-corrected chi connectivity index (χ2v) is 8.37. The average molecular weight is 432 g/mol. The third kappa shape index (κ3) is 5.07.